The second-order valence-electron chi connectivity index (χ2n) is 2.36. The van der Waals surface area contributed by atoms with E-state index in [0.717, 1.165) is 10.6 Å². The van der Waals surface area contributed by atoms with Crippen molar-refractivity contribution in [3.63, 3.8) is 0 Å². The molecule has 54 valence electrons. The Hall–Kier alpha value is -1.71. The number of rotatable bonds is 0. The number of H-pyrrole nitrogens is 1. The first-order valence-corrected chi connectivity index (χ1v) is 3.18. The van der Waals surface area contributed by atoms with Crippen LogP contribution in [0.3, 0.4) is 0 Å². The molecule has 0 bridgehead atoms. The smallest absolute Gasteiger partial charge is 0.0810 e. The van der Waals surface area contributed by atoms with Gasteiger partial charge in [-0.1, -0.05) is 0 Å². The van der Waals surface area contributed by atoms with Crippen LogP contribution in [-0.4, -0.2) is 21.6 Å². The lowest BCUT2D eigenvalue weighted by Gasteiger charge is -1.96. The number of hydrogen-bond donors (Lipinski definition) is 3. The molecule has 0 aliphatic heterocycles. The number of aromatic amines is 1. The Morgan fingerprint density at radius 3 is 2.73 bits per heavy atom. The van der Waals surface area contributed by atoms with Crippen molar-refractivity contribution in [1.29, 1.82) is 10.8 Å². The average Bonchev–Trinajstić information content (AvgIpc) is 2.36. The first-order valence-electron chi connectivity index (χ1n) is 3.18. The molecule has 1 aliphatic rings. The summed E-state index contributed by atoms with van der Waals surface area (Å²) >= 11 is 0. The van der Waals surface area contributed by atoms with Crippen LogP contribution in [0.4, 0.5) is 0 Å². The third kappa shape index (κ3) is 0.797. The van der Waals surface area contributed by atoms with Gasteiger partial charge >= 0.3 is 0 Å². The lowest BCUT2D eigenvalue weighted by atomic mass is 10.1. The van der Waals surface area contributed by atoms with Crippen LogP contribution >= 0.6 is 0 Å². The highest BCUT2D eigenvalue weighted by atomic mass is 15.1. The van der Waals surface area contributed by atoms with Crippen LogP contribution in [-0.2, 0) is 0 Å². The molecule has 0 fully saturated rings. The predicted octanol–water partition coefficient (Wildman–Crippen LogP) is -0.976. The lowest BCUT2D eigenvalue weighted by Crippen LogP contribution is -2.31. The summed E-state index contributed by atoms with van der Waals surface area (Å²) in [6.07, 6.45) is 4.87. The molecule has 1 heterocycles. The second kappa shape index (κ2) is 1.88. The van der Waals surface area contributed by atoms with E-state index in [0.29, 0.717) is 0 Å². The van der Waals surface area contributed by atoms with E-state index in [1.165, 1.54) is 0 Å². The van der Waals surface area contributed by atoms with Crippen molar-refractivity contribution < 1.29 is 0 Å². The fourth-order valence-corrected chi connectivity index (χ4v) is 0.991. The van der Waals surface area contributed by atoms with E-state index in [-0.39, 0.29) is 11.4 Å². The molecule has 2 rings (SSSR count). The van der Waals surface area contributed by atoms with E-state index in [1.54, 1.807) is 18.3 Å². The Morgan fingerprint density at radius 2 is 1.91 bits per heavy atom. The highest BCUT2D eigenvalue weighted by Gasteiger charge is 2.04. The topological polar surface area (TPSA) is 76.4 Å². The van der Waals surface area contributed by atoms with Crippen molar-refractivity contribution in [2.24, 2.45) is 0 Å². The molecule has 3 N–H and O–H groups in total. The van der Waals surface area contributed by atoms with Gasteiger partial charge in [0.25, 0.3) is 0 Å². The SMILES string of the molecule is N=C1C=c2cn[nH]c2=CC1=N. The normalized spacial score (nSPS) is 15.3. The zero-order chi connectivity index (χ0) is 7.84. The average molecular weight is 146 g/mol. The van der Waals surface area contributed by atoms with Crippen LogP contribution < -0.4 is 10.6 Å². The number of nitrogens with one attached hydrogen (secondary N) is 3. The number of fused-ring (bicyclic) bond motifs is 1. The summed E-state index contributed by atoms with van der Waals surface area (Å²) < 4.78 is 0. The van der Waals surface area contributed by atoms with Crippen LogP contribution in [0.15, 0.2) is 6.20 Å². The molecule has 0 unspecified atom stereocenters. The van der Waals surface area contributed by atoms with Crippen molar-refractivity contribution in [1.82, 2.24) is 10.2 Å². The Kier molecular flexibility index (Phi) is 1.03. The molecule has 0 spiro atoms. The summed E-state index contributed by atoms with van der Waals surface area (Å²) in [5, 5.41) is 22.8. The van der Waals surface area contributed by atoms with Crippen LogP contribution in [0.5, 0.6) is 0 Å². The zero-order valence-corrected chi connectivity index (χ0v) is 5.68. The van der Waals surface area contributed by atoms with Gasteiger partial charge in [-0.15, -0.1) is 0 Å². The molecule has 0 saturated carbocycles. The van der Waals surface area contributed by atoms with E-state index < -0.39 is 0 Å². The maximum absolute atomic E-state index is 7.31. The van der Waals surface area contributed by atoms with Gasteiger partial charge in [0, 0.05) is 5.22 Å². The molecular weight excluding hydrogens is 140 g/mol. The molecule has 4 nitrogen and oxygen atoms in total. The summed E-state index contributed by atoms with van der Waals surface area (Å²) in [5.41, 5.74) is 0.459. The van der Waals surface area contributed by atoms with Gasteiger partial charge in [0.05, 0.1) is 23.0 Å². The Labute approximate surface area is 62.3 Å². The predicted molar refractivity (Wildman–Crippen MR) is 42.2 cm³/mol. The van der Waals surface area contributed by atoms with Crippen molar-refractivity contribution in [3.8, 4) is 0 Å². The van der Waals surface area contributed by atoms with Gasteiger partial charge in [-0.05, 0) is 12.2 Å². The van der Waals surface area contributed by atoms with Crippen molar-refractivity contribution in [2.45, 2.75) is 0 Å². The first-order chi connectivity index (χ1) is 5.27. The molecule has 0 aromatic carbocycles. The molecule has 0 saturated heterocycles. The van der Waals surface area contributed by atoms with Gasteiger partial charge in [-0.3, -0.25) is 15.9 Å². The number of hydrogen-bond acceptors (Lipinski definition) is 3. The second-order valence-corrected chi connectivity index (χ2v) is 2.36. The van der Waals surface area contributed by atoms with Gasteiger partial charge < -0.3 is 0 Å². The summed E-state index contributed by atoms with van der Waals surface area (Å²) in [5.74, 6) is 0. The number of nitrogens with zero attached hydrogens (tertiary/aromatic N) is 1. The zero-order valence-electron chi connectivity index (χ0n) is 5.68. The molecule has 4 heteroatoms. The van der Waals surface area contributed by atoms with Gasteiger partial charge in [0.1, 0.15) is 0 Å². The van der Waals surface area contributed by atoms with Crippen molar-refractivity contribution in [3.05, 3.63) is 16.8 Å². The van der Waals surface area contributed by atoms with Gasteiger partial charge in [-0.2, -0.15) is 5.10 Å². The third-order valence-corrected chi connectivity index (χ3v) is 1.58. The largest absolute Gasteiger partial charge is 0.299 e. The first kappa shape index (κ1) is 6.03. The fraction of sp³-hybridized carbons (Fsp3) is 0. The van der Waals surface area contributed by atoms with Crippen LogP contribution in [0.2, 0.25) is 0 Å². The molecule has 1 aliphatic carbocycles. The molecule has 11 heavy (non-hydrogen) atoms. The van der Waals surface area contributed by atoms with E-state index in [2.05, 4.69) is 10.2 Å². The maximum Gasteiger partial charge on any atom is 0.0810 e. The van der Waals surface area contributed by atoms with E-state index in [1.807, 2.05) is 0 Å². The summed E-state index contributed by atoms with van der Waals surface area (Å²) in [7, 11) is 0. The van der Waals surface area contributed by atoms with Gasteiger partial charge in [0.2, 0.25) is 0 Å². The number of aromatic nitrogens is 2. The Bertz CT molecular complexity index is 397. The van der Waals surface area contributed by atoms with E-state index >= 15 is 0 Å². The van der Waals surface area contributed by atoms with Crippen LogP contribution in [0.25, 0.3) is 12.2 Å². The van der Waals surface area contributed by atoms with Gasteiger partial charge in [0.15, 0.2) is 0 Å². The van der Waals surface area contributed by atoms with E-state index in [9.17, 15) is 0 Å². The van der Waals surface area contributed by atoms with Crippen LogP contribution in [0, 0.1) is 10.8 Å². The fourth-order valence-electron chi connectivity index (χ4n) is 0.991. The maximum atomic E-state index is 7.31. The molecule has 0 radical (unpaired) electrons. The minimum absolute atomic E-state index is 0.224. The molecule has 0 atom stereocenters. The standard InChI is InChI=1S/C7H6N4/c8-5-1-4-3-10-11-7(4)2-6(5)9/h1-3,8-9,11H. The summed E-state index contributed by atoms with van der Waals surface area (Å²) in [4.78, 5) is 0. The highest BCUT2D eigenvalue weighted by Crippen LogP contribution is 1.85. The Balaban J connectivity index is 2.89. The summed E-state index contributed by atoms with van der Waals surface area (Å²) in [6, 6.07) is 0. The van der Waals surface area contributed by atoms with Gasteiger partial charge in [-0.25, -0.2) is 0 Å². The minimum atomic E-state index is 0.224. The lowest BCUT2D eigenvalue weighted by molar-refractivity contribution is 1.06. The van der Waals surface area contributed by atoms with Crippen molar-refractivity contribution in [2.75, 3.05) is 0 Å². The molecular formula is C7H6N4. The minimum Gasteiger partial charge on any atom is -0.299 e. The molecule has 1 aromatic heterocycles. The monoisotopic (exact) mass is 146 g/mol. The summed E-state index contributed by atoms with van der Waals surface area (Å²) in [6.45, 7) is 0. The highest BCUT2D eigenvalue weighted by molar-refractivity contribution is 6.59. The van der Waals surface area contributed by atoms with E-state index in [4.69, 9.17) is 10.8 Å². The third-order valence-electron chi connectivity index (χ3n) is 1.58. The molecule has 0 amide bonds. The quantitative estimate of drug-likeness (QED) is 0.432. The molecule has 1 aromatic rings. The van der Waals surface area contributed by atoms with Crippen molar-refractivity contribution >= 4 is 23.6 Å². The van der Waals surface area contributed by atoms with Crippen LogP contribution in [0.1, 0.15) is 0 Å². The Morgan fingerprint density at radius 1 is 1.18 bits per heavy atom.